The molecule has 158 valence electrons. The largest absolute Gasteiger partial charge is 0.496 e. The summed E-state index contributed by atoms with van der Waals surface area (Å²) in [6, 6.07) is 21.0. The van der Waals surface area contributed by atoms with Crippen LogP contribution in [0.2, 0.25) is 0 Å². The Morgan fingerprint density at radius 1 is 0.968 bits per heavy atom. The van der Waals surface area contributed by atoms with Crippen molar-refractivity contribution in [2.24, 2.45) is 0 Å². The van der Waals surface area contributed by atoms with Gasteiger partial charge in [0.1, 0.15) is 5.75 Å². The highest BCUT2D eigenvalue weighted by Gasteiger charge is 2.28. The molecule has 1 amide bonds. The summed E-state index contributed by atoms with van der Waals surface area (Å²) >= 11 is 0. The smallest absolute Gasteiger partial charge is 0.339 e. The molecule has 1 unspecified atom stereocenters. The minimum Gasteiger partial charge on any atom is -0.496 e. The van der Waals surface area contributed by atoms with E-state index in [1.165, 1.54) is 31.4 Å². The summed E-state index contributed by atoms with van der Waals surface area (Å²) < 4.78 is 10.8. The van der Waals surface area contributed by atoms with E-state index < -0.39 is 22.9 Å². The number of amides is 1. The molecule has 0 fully saturated rings. The highest BCUT2D eigenvalue weighted by atomic mass is 16.6. The molecule has 0 heterocycles. The number of hydrogen-bond acceptors (Lipinski definition) is 6. The fraction of sp³-hybridized carbons (Fsp3) is 0.130. The Balaban J connectivity index is 1.83. The molecule has 0 aliphatic heterocycles. The average Bonchev–Trinajstić information content (AvgIpc) is 2.81. The summed E-state index contributed by atoms with van der Waals surface area (Å²) in [5, 5.41) is 13.6. The highest BCUT2D eigenvalue weighted by molar-refractivity contribution is 5.93. The minimum absolute atomic E-state index is 0.0846. The van der Waals surface area contributed by atoms with E-state index in [4.69, 9.17) is 9.47 Å². The van der Waals surface area contributed by atoms with Gasteiger partial charge in [0.2, 0.25) is 6.10 Å². The van der Waals surface area contributed by atoms with E-state index in [-0.39, 0.29) is 17.8 Å². The third-order valence-electron chi connectivity index (χ3n) is 4.51. The van der Waals surface area contributed by atoms with Gasteiger partial charge in [-0.05, 0) is 23.8 Å². The quantitative estimate of drug-likeness (QED) is 0.337. The van der Waals surface area contributed by atoms with Gasteiger partial charge in [-0.1, -0.05) is 48.5 Å². The monoisotopic (exact) mass is 420 g/mol. The second-order valence-corrected chi connectivity index (χ2v) is 6.53. The average molecular weight is 420 g/mol. The van der Waals surface area contributed by atoms with Gasteiger partial charge >= 0.3 is 5.97 Å². The van der Waals surface area contributed by atoms with Gasteiger partial charge in [-0.25, -0.2) is 4.79 Å². The molecule has 0 aliphatic rings. The second kappa shape index (κ2) is 10.0. The Morgan fingerprint density at radius 2 is 1.61 bits per heavy atom. The van der Waals surface area contributed by atoms with E-state index in [1.807, 2.05) is 30.3 Å². The maximum Gasteiger partial charge on any atom is 0.339 e. The molecular formula is C23H20N2O6. The van der Waals surface area contributed by atoms with Crippen LogP contribution in [0.15, 0.2) is 78.9 Å². The maximum atomic E-state index is 13.0. The molecular weight excluding hydrogens is 400 g/mol. The zero-order chi connectivity index (χ0) is 22.2. The van der Waals surface area contributed by atoms with E-state index in [2.05, 4.69) is 5.32 Å². The molecule has 0 saturated heterocycles. The van der Waals surface area contributed by atoms with Crippen LogP contribution in [0.25, 0.3) is 0 Å². The van der Waals surface area contributed by atoms with Gasteiger partial charge in [-0.2, -0.15) is 0 Å². The summed E-state index contributed by atoms with van der Waals surface area (Å²) in [5.41, 5.74) is 1.20. The first-order valence-corrected chi connectivity index (χ1v) is 9.39. The van der Waals surface area contributed by atoms with Crippen LogP contribution in [-0.4, -0.2) is 23.9 Å². The van der Waals surface area contributed by atoms with Crippen molar-refractivity contribution in [3.63, 3.8) is 0 Å². The van der Waals surface area contributed by atoms with E-state index in [0.717, 1.165) is 5.56 Å². The molecule has 0 saturated carbocycles. The second-order valence-electron chi connectivity index (χ2n) is 6.53. The normalized spacial score (nSPS) is 11.3. The maximum absolute atomic E-state index is 13.0. The van der Waals surface area contributed by atoms with Gasteiger partial charge in [0, 0.05) is 24.2 Å². The molecule has 0 aromatic heterocycles. The molecule has 1 N–H and O–H groups in total. The third kappa shape index (κ3) is 5.45. The van der Waals surface area contributed by atoms with Crippen LogP contribution in [0.4, 0.5) is 5.69 Å². The number of nitrogens with zero attached hydrogens (tertiary/aromatic N) is 1. The van der Waals surface area contributed by atoms with Gasteiger partial charge < -0.3 is 14.8 Å². The zero-order valence-electron chi connectivity index (χ0n) is 16.7. The SMILES string of the molecule is COc1ccccc1C(OC(=O)c1ccc([N+](=O)[O-])cc1)C(=O)NCc1ccccc1. The number of benzene rings is 3. The van der Waals surface area contributed by atoms with Gasteiger partial charge in [-0.3, -0.25) is 14.9 Å². The number of nitrogens with one attached hydrogen (secondary N) is 1. The summed E-state index contributed by atoms with van der Waals surface area (Å²) in [6.07, 6.45) is -1.28. The molecule has 8 nitrogen and oxygen atoms in total. The molecule has 0 bridgehead atoms. The van der Waals surface area contributed by atoms with Gasteiger partial charge in [-0.15, -0.1) is 0 Å². The molecule has 31 heavy (non-hydrogen) atoms. The third-order valence-corrected chi connectivity index (χ3v) is 4.51. The van der Waals surface area contributed by atoms with Crippen molar-refractivity contribution in [3.05, 3.63) is 106 Å². The predicted molar refractivity (Wildman–Crippen MR) is 113 cm³/mol. The Kier molecular flexibility index (Phi) is 6.95. The number of non-ortho nitro benzene ring substituents is 1. The molecule has 3 rings (SSSR count). The Bertz CT molecular complexity index is 1070. The van der Waals surface area contributed by atoms with Crippen molar-refractivity contribution in [1.29, 1.82) is 0 Å². The Morgan fingerprint density at radius 3 is 2.26 bits per heavy atom. The van der Waals surface area contributed by atoms with Crippen LogP contribution in [0.5, 0.6) is 5.75 Å². The van der Waals surface area contributed by atoms with Crippen molar-refractivity contribution in [1.82, 2.24) is 5.32 Å². The predicted octanol–water partition coefficient (Wildman–Crippen LogP) is 3.82. The van der Waals surface area contributed by atoms with Crippen LogP contribution < -0.4 is 10.1 Å². The molecule has 1 atom stereocenters. The number of hydrogen-bond donors (Lipinski definition) is 1. The molecule has 0 spiro atoms. The number of rotatable bonds is 8. The zero-order valence-corrected chi connectivity index (χ0v) is 16.7. The number of nitro groups is 1. The summed E-state index contributed by atoms with van der Waals surface area (Å²) in [5.74, 6) is -0.928. The van der Waals surface area contributed by atoms with E-state index in [0.29, 0.717) is 11.3 Å². The standard InChI is InChI=1S/C23H20N2O6/c1-30-20-10-6-5-9-19(20)21(22(26)24-15-16-7-3-2-4-8-16)31-23(27)17-11-13-18(14-12-17)25(28)29/h2-14,21H,15H2,1H3,(H,24,26). The summed E-state index contributed by atoms with van der Waals surface area (Å²) in [4.78, 5) is 35.9. The lowest BCUT2D eigenvalue weighted by Gasteiger charge is -2.20. The number of nitro benzene ring substituents is 1. The Hall–Kier alpha value is -4.20. The first-order valence-electron chi connectivity index (χ1n) is 9.39. The molecule has 3 aromatic carbocycles. The van der Waals surface area contributed by atoms with Crippen LogP contribution in [0, 0.1) is 10.1 Å². The topological polar surface area (TPSA) is 108 Å². The summed E-state index contributed by atoms with van der Waals surface area (Å²) in [7, 11) is 1.45. The lowest BCUT2D eigenvalue weighted by Crippen LogP contribution is -2.32. The molecule has 0 radical (unpaired) electrons. The van der Waals surface area contributed by atoms with Gasteiger partial charge in [0.05, 0.1) is 17.6 Å². The van der Waals surface area contributed by atoms with E-state index >= 15 is 0 Å². The fourth-order valence-electron chi connectivity index (χ4n) is 2.91. The highest BCUT2D eigenvalue weighted by Crippen LogP contribution is 2.29. The first-order chi connectivity index (χ1) is 15.0. The molecule has 8 heteroatoms. The van der Waals surface area contributed by atoms with Crippen molar-refractivity contribution in [2.45, 2.75) is 12.6 Å². The number of esters is 1. The minimum atomic E-state index is -1.28. The van der Waals surface area contributed by atoms with Gasteiger partial charge in [0.25, 0.3) is 11.6 Å². The van der Waals surface area contributed by atoms with Crippen LogP contribution >= 0.6 is 0 Å². The lowest BCUT2D eigenvalue weighted by atomic mass is 10.1. The molecule has 0 aliphatic carbocycles. The van der Waals surface area contributed by atoms with Crippen LogP contribution in [0.1, 0.15) is 27.6 Å². The number of carbonyl (C=O) groups is 2. The van der Waals surface area contributed by atoms with E-state index in [1.54, 1.807) is 24.3 Å². The molecule has 3 aromatic rings. The Labute approximate surface area is 178 Å². The number of methoxy groups -OCH3 is 1. The van der Waals surface area contributed by atoms with Gasteiger partial charge in [0.15, 0.2) is 0 Å². The number of para-hydroxylation sites is 1. The number of ether oxygens (including phenoxy) is 2. The van der Waals surface area contributed by atoms with Crippen LogP contribution in [0.3, 0.4) is 0 Å². The van der Waals surface area contributed by atoms with Crippen molar-refractivity contribution in [2.75, 3.05) is 7.11 Å². The van der Waals surface area contributed by atoms with Crippen LogP contribution in [-0.2, 0) is 16.1 Å². The van der Waals surface area contributed by atoms with Crippen molar-refractivity contribution < 1.29 is 24.0 Å². The van der Waals surface area contributed by atoms with Crippen molar-refractivity contribution in [3.8, 4) is 5.75 Å². The summed E-state index contributed by atoms with van der Waals surface area (Å²) in [6.45, 7) is 0.250. The first kappa shape index (κ1) is 21.5. The lowest BCUT2D eigenvalue weighted by molar-refractivity contribution is -0.384. The van der Waals surface area contributed by atoms with E-state index in [9.17, 15) is 19.7 Å². The fourth-order valence-corrected chi connectivity index (χ4v) is 2.91. The number of carbonyl (C=O) groups excluding carboxylic acids is 2. The van der Waals surface area contributed by atoms with Crippen molar-refractivity contribution >= 4 is 17.6 Å².